The normalized spacial score (nSPS) is 14.7. The highest BCUT2D eigenvalue weighted by atomic mass is 32.1. The predicted octanol–water partition coefficient (Wildman–Crippen LogP) is 23.1. The maximum Gasteiger partial charge on any atom is 0.333 e. The van der Waals surface area contributed by atoms with E-state index in [9.17, 15) is 0 Å². The van der Waals surface area contributed by atoms with Crippen molar-refractivity contribution in [2.24, 2.45) is 0 Å². The number of thiophene rings is 1. The molecule has 13 aromatic rings. The van der Waals surface area contributed by atoms with E-state index in [1.165, 1.54) is 81.3 Å². The van der Waals surface area contributed by atoms with Crippen molar-refractivity contribution in [3.05, 3.63) is 277 Å². The van der Waals surface area contributed by atoms with Crippen molar-refractivity contribution in [2.75, 3.05) is 14.6 Å². The molecular weight excluding hydrogens is 1140 g/mol. The average Bonchev–Trinajstić information content (AvgIpc) is 0.909. The van der Waals surface area contributed by atoms with E-state index < -0.39 is 0 Å². The highest BCUT2D eigenvalue weighted by molar-refractivity contribution is 7.26. The van der Waals surface area contributed by atoms with Crippen LogP contribution in [0.5, 0.6) is 23.0 Å². The van der Waals surface area contributed by atoms with Gasteiger partial charge >= 0.3 is 6.85 Å². The molecule has 7 heteroatoms. The molecule has 0 fully saturated rings. The van der Waals surface area contributed by atoms with Gasteiger partial charge in [0.05, 0.1) is 0 Å². The molecule has 446 valence electrons. The summed E-state index contributed by atoms with van der Waals surface area (Å²) in [5.41, 5.74) is 25.7. The molecule has 1 aromatic heterocycles. The molecular formula is C85H70BN3O2S. The van der Waals surface area contributed by atoms with Gasteiger partial charge in [0.2, 0.25) is 0 Å². The Morgan fingerprint density at radius 2 is 0.978 bits per heavy atom. The molecule has 4 heterocycles. The molecule has 92 heavy (non-hydrogen) atoms. The lowest BCUT2D eigenvalue weighted by molar-refractivity contribution is 0.332. The zero-order valence-corrected chi connectivity index (χ0v) is 54.1. The minimum absolute atomic E-state index is 0.00121. The summed E-state index contributed by atoms with van der Waals surface area (Å²) in [5, 5.41) is 2.51. The topological polar surface area (TPSA) is 28.2 Å². The van der Waals surface area contributed by atoms with Crippen molar-refractivity contribution in [3.63, 3.8) is 0 Å². The van der Waals surface area contributed by atoms with Crippen LogP contribution >= 0.6 is 11.3 Å². The Labute approximate surface area is 544 Å². The van der Waals surface area contributed by atoms with Gasteiger partial charge in [-0.3, -0.25) is 0 Å². The molecule has 17 rings (SSSR count). The first kappa shape index (κ1) is 55.9. The number of para-hydroxylation sites is 2. The fraction of sp³-hybridized carbons (Fsp3) is 0.153. The van der Waals surface area contributed by atoms with Crippen LogP contribution in [0.3, 0.4) is 0 Å². The smallest absolute Gasteiger partial charge is 0.333 e. The fourth-order valence-electron chi connectivity index (χ4n) is 15.2. The van der Waals surface area contributed by atoms with E-state index in [0.717, 1.165) is 74.9 Å². The molecule has 3 aliphatic heterocycles. The molecule has 5 nitrogen and oxygen atoms in total. The second-order valence-corrected chi connectivity index (χ2v) is 29.0. The van der Waals surface area contributed by atoms with Crippen LogP contribution in [0, 0.1) is 6.92 Å². The van der Waals surface area contributed by atoms with Gasteiger partial charge in [0.15, 0.2) is 23.0 Å². The maximum atomic E-state index is 7.06. The number of ether oxygens (including phenoxy) is 2. The SMILES string of the molecule is Cc1cc2c(cc1N1c3cc4c(cc3B3c5c(cc(N(c6ccc(-c7ccccc7)cc6)c6ccc(-c7ccccc7)cc6)cc51)-c1c(ccc5c1sc1ccccc15)N3c1ccc(C(C)(C)C)cc1-c1ccccc1)Oc1ccccc1O4)C(C)(C)CCC2(C)C. The average molecular weight is 1210 g/mol. The standard InChI is InChI=1S/C85H70BN3O2S/c1-53-46-67-68(85(7,8)45-44-84(67,5)6)50-72(53)88-73-52-78-77(90-75-29-19-20-30-76(75)91-78)51-69(73)86-81-66(48-62(49-74(81)88)87(60-37-32-56(33-38-60)54-22-12-9-13-23-54)61-39-34-57(35-40-61)55-24-14-10-15-25-55)80-71(43-41-64-63-28-18-21-31-79(63)92-82(64)80)89(86)70-42-36-59(83(2,3)4)47-65(70)58-26-16-11-17-27-58/h9-43,46-52H,44-45H2,1-8H3. The highest BCUT2D eigenvalue weighted by Gasteiger charge is 2.49. The lowest BCUT2D eigenvalue weighted by Gasteiger charge is -2.48. The molecule has 0 spiro atoms. The quantitative estimate of drug-likeness (QED) is 0.141. The number of hydrogen-bond acceptors (Lipinski definition) is 6. The van der Waals surface area contributed by atoms with Crippen molar-refractivity contribution < 1.29 is 9.47 Å². The first-order chi connectivity index (χ1) is 44.6. The van der Waals surface area contributed by atoms with Gasteiger partial charge < -0.3 is 24.1 Å². The van der Waals surface area contributed by atoms with E-state index in [4.69, 9.17) is 9.47 Å². The number of aryl methyl sites for hydroxylation is 1. The summed E-state index contributed by atoms with van der Waals surface area (Å²) >= 11 is 1.90. The van der Waals surface area contributed by atoms with E-state index >= 15 is 0 Å². The van der Waals surface area contributed by atoms with Crippen molar-refractivity contribution in [1.29, 1.82) is 0 Å². The Hall–Kier alpha value is -10.1. The molecule has 0 unspecified atom stereocenters. The van der Waals surface area contributed by atoms with Crippen LogP contribution in [0.15, 0.2) is 255 Å². The maximum absolute atomic E-state index is 7.06. The predicted molar refractivity (Wildman–Crippen MR) is 389 cm³/mol. The zero-order chi connectivity index (χ0) is 62.4. The summed E-state index contributed by atoms with van der Waals surface area (Å²) in [5.74, 6) is 2.76. The number of rotatable bonds is 8. The highest BCUT2D eigenvalue weighted by Crippen LogP contribution is 2.58. The summed E-state index contributed by atoms with van der Waals surface area (Å²) in [4.78, 5) is 7.81. The molecule has 0 amide bonds. The van der Waals surface area contributed by atoms with Crippen LogP contribution in [-0.4, -0.2) is 6.85 Å². The van der Waals surface area contributed by atoms with E-state index in [-0.39, 0.29) is 23.1 Å². The van der Waals surface area contributed by atoms with Gasteiger partial charge in [-0.1, -0.05) is 212 Å². The second kappa shape index (κ2) is 21.0. The fourth-order valence-corrected chi connectivity index (χ4v) is 16.5. The summed E-state index contributed by atoms with van der Waals surface area (Å²) < 4.78 is 16.6. The summed E-state index contributed by atoms with van der Waals surface area (Å²) in [6.07, 6.45) is 2.21. The first-order valence-corrected chi connectivity index (χ1v) is 33.3. The van der Waals surface area contributed by atoms with Gasteiger partial charge in [0.1, 0.15) is 0 Å². The summed E-state index contributed by atoms with van der Waals surface area (Å²) in [6, 6.07) is 94.7. The monoisotopic (exact) mass is 1210 g/mol. The number of hydrogen-bond donors (Lipinski definition) is 0. The molecule has 4 aliphatic rings. The van der Waals surface area contributed by atoms with Gasteiger partial charge in [-0.05, 0) is 187 Å². The van der Waals surface area contributed by atoms with Crippen LogP contribution < -0.4 is 35.0 Å². The number of fused-ring (bicyclic) bond motifs is 11. The van der Waals surface area contributed by atoms with E-state index in [0.29, 0.717) is 23.0 Å². The third-order valence-electron chi connectivity index (χ3n) is 20.2. The van der Waals surface area contributed by atoms with Gasteiger partial charge in [0, 0.05) is 82.9 Å². The van der Waals surface area contributed by atoms with E-state index in [1.807, 2.05) is 35.6 Å². The van der Waals surface area contributed by atoms with Crippen LogP contribution in [0.25, 0.3) is 64.7 Å². The van der Waals surface area contributed by atoms with Gasteiger partial charge in [-0.15, -0.1) is 11.3 Å². The summed E-state index contributed by atoms with van der Waals surface area (Å²) in [6.45, 7) is 18.7. The minimum Gasteiger partial charge on any atom is -0.450 e. The molecule has 12 aromatic carbocycles. The molecule has 0 saturated carbocycles. The van der Waals surface area contributed by atoms with Crippen LogP contribution in [0.4, 0.5) is 45.5 Å². The second-order valence-electron chi connectivity index (χ2n) is 27.9. The van der Waals surface area contributed by atoms with Crippen molar-refractivity contribution >= 4 is 94.8 Å². The molecule has 0 saturated heterocycles. The van der Waals surface area contributed by atoms with Crippen molar-refractivity contribution in [1.82, 2.24) is 0 Å². The summed E-state index contributed by atoms with van der Waals surface area (Å²) in [7, 11) is 0. The lowest BCUT2D eigenvalue weighted by atomic mass is 9.43. The van der Waals surface area contributed by atoms with E-state index in [1.54, 1.807) is 0 Å². The zero-order valence-electron chi connectivity index (χ0n) is 53.3. The molecule has 0 atom stereocenters. The van der Waals surface area contributed by atoms with Crippen LogP contribution in [0.1, 0.15) is 83.6 Å². The molecule has 1 aliphatic carbocycles. The molecule has 0 bridgehead atoms. The Bertz CT molecular complexity index is 5020. The van der Waals surface area contributed by atoms with Crippen molar-refractivity contribution in [3.8, 4) is 67.5 Å². The number of anilines is 8. The number of nitrogens with zero attached hydrogens (tertiary/aromatic N) is 3. The number of benzene rings is 12. The molecule has 0 N–H and O–H groups in total. The Morgan fingerprint density at radius 3 is 1.60 bits per heavy atom. The van der Waals surface area contributed by atoms with E-state index in [2.05, 4.69) is 301 Å². The largest absolute Gasteiger partial charge is 0.450 e. The lowest BCUT2D eigenvalue weighted by Crippen LogP contribution is -2.61. The molecule has 0 radical (unpaired) electrons. The van der Waals surface area contributed by atoms with Crippen molar-refractivity contribution in [2.45, 2.75) is 84.5 Å². The van der Waals surface area contributed by atoms with Gasteiger partial charge in [-0.25, -0.2) is 0 Å². The Morgan fingerprint density at radius 1 is 0.435 bits per heavy atom. The van der Waals surface area contributed by atoms with Crippen LogP contribution in [0.2, 0.25) is 0 Å². The van der Waals surface area contributed by atoms with Crippen LogP contribution in [-0.2, 0) is 16.2 Å². The van der Waals surface area contributed by atoms with Gasteiger partial charge in [0.25, 0.3) is 0 Å². The third kappa shape index (κ3) is 9.02. The third-order valence-corrected chi connectivity index (χ3v) is 21.4. The van der Waals surface area contributed by atoms with Gasteiger partial charge in [-0.2, -0.15) is 0 Å². The Balaban J connectivity index is 1.02. The minimum atomic E-state index is -0.370. The first-order valence-electron chi connectivity index (χ1n) is 32.4. The Kier molecular flexibility index (Phi) is 12.8.